The van der Waals surface area contributed by atoms with Crippen molar-refractivity contribution < 1.29 is 19.1 Å². The number of ether oxygens (including phenoxy) is 2. The molecule has 0 aliphatic heterocycles. The summed E-state index contributed by atoms with van der Waals surface area (Å²) in [6, 6.07) is 0. The average molecular weight is 322 g/mol. The van der Waals surface area contributed by atoms with Crippen LogP contribution in [0.3, 0.4) is 0 Å². The maximum Gasteiger partial charge on any atom is 0.324 e. The van der Waals surface area contributed by atoms with Crippen molar-refractivity contribution in [2.24, 2.45) is 5.41 Å². The topological polar surface area (TPSA) is 52.6 Å². The van der Waals surface area contributed by atoms with E-state index >= 15 is 0 Å². The maximum absolute atomic E-state index is 12.6. The molecule has 4 heteroatoms. The number of hydrogen-bond donors (Lipinski definition) is 0. The van der Waals surface area contributed by atoms with Crippen LogP contribution < -0.4 is 0 Å². The summed E-state index contributed by atoms with van der Waals surface area (Å²) in [6.07, 6.45) is 4.19. The van der Waals surface area contributed by atoms with Crippen LogP contribution >= 0.6 is 0 Å². The fourth-order valence-corrected chi connectivity index (χ4v) is 2.04. The highest BCUT2D eigenvalue weighted by molar-refractivity contribution is 6.00. The third-order valence-corrected chi connectivity index (χ3v) is 3.77. The molecule has 0 aliphatic rings. The van der Waals surface area contributed by atoms with Gasteiger partial charge in [0.2, 0.25) is 0 Å². The van der Waals surface area contributed by atoms with Crippen molar-refractivity contribution in [1.29, 1.82) is 0 Å². The van der Waals surface area contributed by atoms with E-state index in [0.717, 1.165) is 24.0 Å². The Balaban J connectivity index is 5.22. The van der Waals surface area contributed by atoms with E-state index in [1.54, 1.807) is 6.08 Å². The van der Waals surface area contributed by atoms with E-state index in [1.807, 2.05) is 20.8 Å². The molecule has 0 saturated carbocycles. The molecule has 0 spiro atoms. The van der Waals surface area contributed by atoms with Crippen LogP contribution in [0, 0.1) is 5.41 Å². The van der Waals surface area contributed by atoms with Crippen LogP contribution in [0.2, 0.25) is 0 Å². The number of carbonyl (C=O) groups excluding carboxylic acids is 2. The Morgan fingerprint density at radius 3 is 1.70 bits per heavy atom. The van der Waals surface area contributed by atoms with Crippen molar-refractivity contribution in [1.82, 2.24) is 0 Å². The first kappa shape index (κ1) is 21.2. The Morgan fingerprint density at radius 2 is 1.39 bits per heavy atom. The fraction of sp³-hybridized carbons (Fsp3) is 0.579. The lowest BCUT2D eigenvalue weighted by Crippen LogP contribution is -2.42. The van der Waals surface area contributed by atoms with Crippen LogP contribution in [0.15, 0.2) is 37.0 Å². The number of carbonyl (C=O) groups is 2. The molecule has 0 N–H and O–H groups in total. The molecule has 0 bridgehead atoms. The number of esters is 2. The van der Waals surface area contributed by atoms with Gasteiger partial charge in [0.25, 0.3) is 0 Å². The van der Waals surface area contributed by atoms with Crippen LogP contribution in [0.25, 0.3) is 0 Å². The van der Waals surface area contributed by atoms with Crippen LogP contribution in [0.1, 0.15) is 52.9 Å². The van der Waals surface area contributed by atoms with Gasteiger partial charge in [-0.2, -0.15) is 0 Å². The van der Waals surface area contributed by atoms with Crippen LogP contribution in [0.4, 0.5) is 0 Å². The zero-order valence-corrected chi connectivity index (χ0v) is 14.8. The minimum Gasteiger partial charge on any atom is -0.460 e. The summed E-state index contributed by atoms with van der Waals surface area (Å²) in [6.45, 7) is 17.3. The standard InChI is InChI=1S/C19H30O4/c1-7-11-19(12-8-2,17(20)22-13-15(5)9-3)18(21)23-14-16(6)10-4/h7H,1,5-6,8-14H2,2-4H3. The van der Waals surface area contributed by atoms with Crippen LogP contribution in [0.5, 0.6) is 0 Å². The van der Waals surface area contributed by atoms with E-state index < -0.39 is 17.4 Å². The molecule has 0 aromatic carbocycles. The quantitative estimate of drug-likeness (QED) is 0.304. The number of hydrogen-bond acceptors (Lipinski definition) is 4. The lowest BCUT2D eigenvalue weighted by molar-refractivity contribution is -0.172. The van der Waals surface area contributed by atoms with Crippen LogP contribution in [-0.4, -0.2) is 25.2 Å². The zero-order chi connectivity index (χ0) is 17.9. The molecule has 0 unspecified atom stereocenters. The molecule has 0 atom stereocenters. The molecule has 0 heterocycles. The summed E-state index contributed by atoms with van der Waals surface area (Å²) in [5.74, 6) is -1.14. The molecular formula is C19H30O4. The van der Waals surface area contributed by atoms with Gasteiger partial charge in [-0.05, 0) is 36.8 Å². The van der Waals surface area contributed by atoms with Gasteiger partial charge in [0, 0.05) is 0 Å². The van der Waals surface area contributed by atoms with Gasteiger partial charge in [-0.3, -0.25) is 9.59 Å². The summed E-state index contributed by atoms with van der Waals surface area (Å²) in [5.41, 5.74) is 0.267. The lowest BCUT2D eigenvalue weighted by atomic mass is 9.80. The molecule has 0 fully saturated rings. The highest BCUT2D eigenvalue weighted by Crippen LogP contribution is 2.33. The Kier molecular flexibility index (Phi) is 9.95. The molecule has 0 saturated heterocycles. The molecule has 0 radical (unpaired) electrons. The van der Waals surface area contributed by atoms with Crippen molar-refractivity contribution in [2.45, 2.75) is 52.9 Å². The second-order valence-corrected chi connectivity index (χ2v) is 5.68. The maximum atomic E-state index is 12.6. The molecular weight excluding hydrogens is 292 g/mol. The van der Waals surface area contributed by atoms with Gasteiger partial charge in [-0.1, -0.05) is 46.4 Å². The van der Waals surface area contributed by atoms with Gasteiger partial charge in [0.15, 0.2) is 5.41 Å². The molecule has 23 heavy (non-hydrogen) atoms. The van der Waals surface area contributed by atoms with Crippen molar-refractivity contribution in [3.63, 3.8) is 0 Å². The first-order valence-electron chi connectivity index (χ1n) is 8.16. The smallest absolute Gasteiger partial charge is 0.324 e. The van der Waals surface area contributed by atoms with Gasteiger partial charge in [0.05, 0.1) is 0 Å². The van der Waals surface area contributed by atoms with Crippen molar-refractivity contribution in [3.05, 3.63) is 37.0 Å². The van der Waals surface area contributed by atoms with Crippen LogP contribution in [-0.2, 0) is 19.1 Å². The van der Waals surface area contributed by atoms with Crippen molar-refractivity contribution in [2.75, 3.05) is 13.2 Å². The van der Waals surface area contributed by atoms with E-state index in [0.29, 0.717) is 12.8 Å². The molecule has 0 aromatic rings. The second kappa shape index (κ2) is 10.8. The predicted octanol–water partition coefficient (Wildman–Crippen LogP) is 4.37. The van der Waals surface area contributed by atoms with Gasteiger partial charge in [-0.15, -0.1) is 6.58 Å². The molecule has 0 rings (SSSR count). The first-order valence-corrected chi connectivity index (χ1v) is 8.16. The molecule has 4 nitrogen and oxygen atoms in total. The van der Waals surface area contributed by atoms with E-state index in [1.165, 1.54) is 0 Å². The number of allylic oxidation sites excluding steroid dienone is 1. The third kappa shape index (κ3) is 6.43. The largest absolute Gasteiger partial charge is 0.460 e. The van der Waals surface area contributed by atoms with E-state index in [4.69, 9.17) is 9.47 Å². The summed E-state index contributed by atoms with van der Waals surface area (Å²) in [7, 11) is 0. The molecule has 0 aromatic heterocycles. The van der Waals surface area contributed by atoms with Gasteiger partial charge >= 0.3 is 11.9 Å². The normalized spacial score (nSPS) is 10.7. The minimum atomic E-state index is -1.33. The Labute approximate surface area is 140 Å². The molecule has 0 amide bonds. The van der Waals surface area contributed by atoms with Crippen molar-refractivity contribution in [3.8, 4) is 0 Å². The SMILES string of the molecule is C=CCC(CCC)(C(=O)OCC(=C)CC)C(=O)OCC(=C)CC. The Bertz CT molecular complexity index is 416. The van der Waals surface area contributed by atoms with Gasteiger partial charge in [0.1, 0.15) is 13.2 Å². The predicted molar refractivity (Wildman–Crippen MR) is 92.9 cm³/mol. The Morgan fingerprint density at radius 1 is 0.957 bits per heavy atom. The van der Waals surface area contributed by atoms with E-state index in [2.05, 4.69) is 19.7 Å². The molecule has 0 aliphatic carbocycles. The third-order valence-electron chi connectivity index (χ3n) is 3.77. The second-order valence-electron chi connectivity index (χ2n) is 5.68. The Hall–Kier alpha value is -1.84. The lowest BCUT2D eigenvalue weighted by Gasteiger charge is -2.28. The van der Waals surface area contributed by atoms with E-state index in [9.17, 15) is 9.59 Å². The van der Waals surface area contributed by atoms with Gasteiger partial charge < -0.3 is 9.47 Å². The summed E-state index contributed by atoms with van der Waals surface area (Å²) < 4.78 is 10.6. The monoisotopic (exact) mass is 322 g/mol. The number of rotatable bonds is 12. The summed E-state index contributed by atoms with van der Waals surface area (Å²) in [5, 5.41) is 0. The first-order chi connectivity index (χ1) is 10.9. The minimum absolute atomic E-state index is 0.118. The van der Waals surface area contributed by atoms with Gasteiger partial charge in [-0.25, -0.2) is 0 Å². The van der Waals surface area contributed by atoms with E-state index in [-0.39, 0.29) is 19.6 Å². The highest BCUT2D eigenvalue weighted by Gasteiger charge is 2.47. The average Bonchev–Trinajstić information content (AvgIpc) is 2.56. The summed E-state index contributed by atoms with van der Waals surface area (Å²) in [4.78, 5) is 25.2. The highest BCUT2D eigenvalue weighted by atomic mass is 16.6. The zero-order valence-electron chi connectivity index (χ0n) is 14.8. The summed E-state index contributed by atoms with van der Waals surface area (Å²) >= 11 is 0. The molecule has 130 valence electrons. The fourth-order valence-electron chi connectivity index (χ4n) is 2.04. The van der Waals surface area contributed by atoms with Crippen molar-refractivity contribution >= 4 is 11.9 Å².